The summed E-state index contributed by atoms with van der Waals surface area (Å²) in [5.41, 5.74) is 3.70. The van der Waals surface area contributed by atoms with Gasteiger partial charge < -0.3 is 10.4 Å². The first-order valence-electron chi connectivity index (χ1n) is 11.8. The molecule has 7 nitrogen and oxygen atoms in total. The number of aliphatic imine (C=N–C) groups is 1. The van der Waals surface area contributed by atoms with Gasteiger partial charge in [0.15, 0.2) is 0 Å². The molecule has 3 aromatic carbocycles. The number of nitrogens with one attached hydrogen (secondary N) is 1. The van der Waals surface area contributed by atoms with E-state index in [0.717, 1.165) is 10.9 Å². The molecule has 7 heteroatoms. The topological polar surface area (TPSA) is 105 Å². The average Bonchev–Trinajstić information content (AvgIpc) is 2.96. The Morgan fingerprint density at radius 2 is 1.45 bits per heavy atom. The molecule has 0 fully saturated rings. The minimum atomic E-state index is -1.13. The molecule has 0 atom stereocenters. The third-order valence-corrected chi connectivity index (χ3v) is 5.85. The number of rotatable bonds is 7. The van der Waals surface area contributed by atoms with Gasteiger partial charge in [0.1, 0.15) is 5.69 Å². The summed E-state index contributed by atoms with van der Waals surface area (Å²) in [4.78, 5) is 38.5. The number of hydrogen-bond donors (Lipinski definition) is 2. The van der Waals surface area contributed by atoms with Gasteiger partial charge in [0.05, 0.1) is 22.5 Å². The second-order valence-electron chi connectivity index (χ2n) is 8.29. The Morgan fingerprint density at radius 3 is 2.24 bits per heavy atom. The van der Waals surface area contributed by atoms with Crippen molar-refractivity contribution in [3.05, 3.63) is 144 Å². The first kappa shape index (κ1) is 24.3. The number of hydrogen-bond acceptors (Lipinski definition) is 5. The van der Waals surface area contributed by atoms with Crippen LogP contribution in [0.25, 0.3) is 16.5 Å². The minimum Gasteiger partial charge on any atom is -0.478 e. The summed E-state index contributed by atoms with van der Waals surface area (Å²) in [7, 11) is 0. The Kier molecular flexibility index (Phi) is 7.09. The van der Waals surface area contributed by atoms with Gasteiger partial charge in [0.2, 0.25) is 0 Å². The number of pyridine rings is 2. The summed E-state index contributed by atoms with van der Waals surface area (Å²) in [6.07, 6.45) is 4.52. The van der Waals surface area contributed by atoms with Gasteiger partial charge >= 0.3 is 5.97 Å². The lowest BCUT2D eigenvalue weighted by Gasteiger charge is -2.13. The van der Waals surface area contributed by atoms with Crippen LogP contribution in [-0.4, -0.2) is 32.7 Å². The predicted molar refractivity (Wildman–Crippen MR) is 148 cm³/mol. The van der Waals surface area contributed by atoms with Crippen molar-refractivity contribution in [1.29, 1.82) is 0 Å². The largest absolute Gasteiger partial charge is 0.478 e. The van der Waals surface area contributed by atoms with Crippen molar-refractivity contribution < 1.29 is 14.7 Å². The Morgan fingerprint density at radius 1 is 0.737 bits per heavy atom. The van der Waals surface area contributed by atoms with Crippen LogP contribution in [0.3, 0.4) is 0 Å². The average molecular weight is 499 g/mol. The van der Waals surface area contributed by atoms with Crippen molar-refractivity contribution >= 4 is 39.8 Å². The van der Waals surface area contributed by atoms with Crippen molar-refractivity contribution in [2.24, 2.45) is 4.99 Å². The maximum atomic E-state index is 12.9. The number of nitrogens with zero attached hydrogens (tertiary/aromatic N) is 3. The van der Waals surface area contributed by atoms with Gasteiger partial charge in [-0.05, 0) is 24.3 Å². The molecule has 0 aliphatic rings. The van der Waals surface area contributed by atoms with Gasteiger partial charge in [-0.2, -0.15) is 0 Å². The number of amides is 1. The van der Waals surface area contributed by atoms with E-state index in [1.54, 1.807) is 60.9 Å². The predicted octanol–water partition coefficient (Wildman–Crippen LogP) is 5.85. The third-order valence-electron chi connectivity index (χ3n) is 5.85. The summed E-state index contributed by atoms with van der Waals surface area (Å²) in [5.74, 6) is -1.50. The van der Waals surface area contributed by atoms with Crippen LogP contribution in [0.5, 0.6) is 0 Å². The zero-order chi connectivity index (χ0) is 26.3. The van der Waals surface area contributed by atoms with Gasteiger partial charge in [0.25, 0.3) is 5.91 Å². The summed E-state index contributed by atoms with van der Waals surface area (Å²) in [6.45, 7) is 0. The number of carbonyl (C=O) groups excluding carboxylic acids is 1. The van der Waals surface area contributed by atoms with Gasteiger partial charge in [0, 0.05) is 40.7 Å². The molecule has 0 unspecified atom stereocenters. The van der Waals surface area contributed by atoms with Gasteiger partial charge in [-0.1, -0.05) is 78.9 Å². The van der Waals surface area contributed by atoms with Crippen molar-refractivity contribution in [3.8, 4) is 0 Å². The van der Waals surface area contributed by atoms with Crippen LogP contribution in [0.4, 0.5) is 5.69 Å². The zero-order valence-electron chi connectivity index (χ0n) is 20.2. The molecule has 2 heterocycles. The van der Waals surface area contributed by atoms with Crippen LogP contribution in [-0.2, 0) is 4.79 Å². The summed E-state index contributed by atoms with van der Waals surface area (Å²) in [5, 5.41) is 13.9. The normalized spacial score (nSPS) is 11.8. The van der Waals surface area contributed by atoms with E-state index < -0.39 is 5.97 Å². The molecule has 0 bridgehead atoms. The van der Waals surface area contributed by atoms with Gasteiger partial charge in [-0.3, -0.25) is 19.8 Å². The quantitative estimate of drug-likeness (QED) is 0.217. The zero-order valence-corrected chi connectivity index (χ0v) is 20.2. The lowest BCUT2D eigenvalue weighted by Crippen LogP contribution is -2.16. The van der Waals surface area contributed by atoms with Crippen molar-refractivity contribution in [2.75, 3.05) is 5.32 Å². The van der Waals surface area contributed by atoms with E-state index in [0.29, 0.717) is 28.0 Å². The monoisotopic (exact) mass is 498 g/mol. The molecule has 184 valence electrons. The molecule has 2 aromatic heterocycles. The minimum absolute atomic E-state index is 0.00210. The first-order valence-corrected chi connectivity index (χ1v) is 11.8. The maximum Gasteiger partial charge on any atom is 0.337 e. The van der Waals surface area contributed by atoms with E-state index in [9.17, 15) is 14.7 Å². The Bertz CT molecular complexity index is 1670. The van der Waals surface area contributed by atoms with E-state index in [-0.39, 0.29) is 17.2 Å². The van der Waals surface area contributed by atoms with Crippen LogP contribution in [0.2, 0.25) is 0 Å². The second kappa shape index (κ2) is 11.1. The highest BCUT2D eigenvalue weighted by molar-refractivity contribution is 6.21. The van der Waals surface area contributed by atoms with Crippen LogP contribution in [0, 0.1) is 0 Å². The number of aromatic nitrogens is 2. The first-order chi connectivity index (χ1) is 18.6. The molecule has 0 saturated heterocycles. The standard InChI is InChI=1S/C31H22N4O3/c36-30(27-17-6-7-18-32-27)35-26-16-5-4-14-24(26)29(21-10-2-1-3-11-21)34-20-25(31(37)38)23-15-8-12-22-13-9-19-33-28(22)23/h1-20H,(H,35,36)(H,37,38)/b25-20-,34-29?. The molecule has 0 aliphatic carbocycles. The van der Waals surface area contributed by atoms with E-state index in [4.69, 9.17) is 0 Å². The van der Waals surface area contributed by atoms with Crippen molar-refractivity contribution in [1.82, 2.24) is 9.97 Å². The molecule has 0 aliphatic heterocycles. The highest BCUT2D eigenvalue weighted by Crippen LogP contribution is 2.26. The number of benzene rings is 3. The molecule has 5 aromatic rings. The number of carboxylic acids is 1. The van der Waals surface area contributed by atoms with Crippen LogP contribution >= 0.6 is 0 Å². The highest BCUT2D eigenvalue weighted by atomic mass is 16.4. The summed E-state index contributed by atoms with van der Waals surface area (Å²) in [6, 6.07) is 30.8. The summed E-state index contributed by atoms with van der Waals surface area (Å²) < 4.78 is 0. The van der Waals surface area contributed by atoms with Crippen LogP contribution in [0.15, 0.2) is 127 Å². The number of fused-ring (bicyclic) bond motifs is 1. The number of anilines is 1. The fraction of sp³-hybridized carbons (Fsp3) is 0. The highest BCUT2D eigenvalue weighted by Gasteiger charge is 2.17. The Balaban J connectivity index is 1.64. The molecule has 2 N–H and O–H groups in total. The number of carbonyl (C=O) groups is 2. The maximum absolute atomic E-state index is 12.9. The van der Waals surface area contributed by atoms with Crippen molar-refractivity contribution in [3.63, 3.8) is 0 Å². The molecule has 5 rings (SSSR count). The molecule has 38 heavy (non-hydrogen) atoms. The number of carboxylic acid groups (broad SMARTS) is 1. The SMILES string of the molecule is O=C(O)/C(=C\N=C(c1ccccc1)c1ccccc1NC(=O)c1ccccn1)c1cccc2cccnc12. The fourth-order valence-corrected chi connectivity index (χ4v) is 4.07. The lowest BCUT2D eigenvalue weighted by molar-refractivity contribution is -0.130. The second-order valence-corrected chi connectivity index (χ2v) is 8.29. The van der Waals surface area contributed by atoms with E-state index in [2.05, 4.69) is 20.3 Å². The third kappa shape index (κ3) is 5.22. The van der Waals surface area contributed by atoms with E-state index in [1.165, 1.54) is 6.20 Å². The smallest absolute Gasteiger partial charge is 0.337 e. The van der Waals surface area contributed by atoms with Crippen LogP contribution < -0.4 is 5.32 Å². The fourth-order valence-electron chi connectivity index (χ4n) is 4.07. The molecular weight excluding hydrogens is 476 g/mol. The molecule has 0 radical (unpaired) electrons. The molecular formula is C31H22N4O3. The Hall–Kier alpha value is -5.43. The van der Waals surface area contributed by atoms with E-state index in [1.807, 2.05) is 54.6 Å². The molecule has 1 amide bonds. The number of aliphatic carboxylic acids is 1. The van der Waals surface area contributed by atoms with Crippen LogP contribution in [0.1, 0.15) is 27.2 Å². The van der Waals surface area contributed by atoms with Crippen molar-refractivity contribution in [2.45, 2.75) is 0 Å². The van der Waals surface area contributed by atoms with Gasteiger partial charge in [-0.25, -0.2) is 4.79 Å². The van der Waals surface area contributed by atoms with E-state index >= 15 is 0 Å². The molecule has 0 saturated carbocycles. The molecule has 0 spiro atoms. The summed E-state index contributed by atoms with van der Waals surface area (Å²) >= 11 is 0. The van der Waals surface area contributed by atoms with Gasteiger partial charge in [-0.15, -0.1) is 0 Å². The lowest BCUT2D eigenvalue weighted by atomic mass is 10.00. The Labute approximate surface area is 218 Å². The number of para-hydroxylation sites is 2.